The highest BCUT2D eigenvalue weighted by molar-refractivity contribution is 5.93. The molecule has 0 amide bonds. The molecule has 0 spiro atoms. The number of carbonyl (C=O) groups excluding carboxylic acids is 2. The van der Waals surface area contributed by atoms with Gasteiger partial charge in [0.1, 0.15) is 23.0 Å². The Morgan fingerprint density at radius 2 is 0.917 bits per heavy atom. The standard InChI is InChI=1S/C50H56N2O8/c1-5-37(3)35-55-28-8-30-57-45-24-20-43(21-25-45)51-33-39-12-16-41(17-13-39)49(53)59-47-10-7-11-48(32-47)60-50(54)42-18-14-40(15-19-42)34-52-44-22-26-46(27-23-44)58-31-9-29-56-36-38(4)6-2/h7,10-27,32-34,37-38H,5-6,8-9,28-31,35-36H2,1-4H3/t37-,38-/m0/s1. The van der Waals surface area contributed by atoms with Crippen molar-refractivity contribution in [2.75, 3.05) is 39.6 Å². The van der Waals surface area contributed by atoms with Crippen molar-refractivity contribution in [3.05, 3.63) is 144 Å². The van der Waals surface area contributed by atoms with Gasteiger partial charge in [0.05, 0.1) is 35.7 Å². The normalized spacial score (nSPS) is 12.3. The Bertz CT molecular complexity index is 1950. The summed E-state index contributed by atoms with van der Waals surface area (Å²) in [6.45, 7) is 12.8. The topological polar surface area (TPSA) is 114 Å². The number of carbonyl (C=O) groups is 2. The first kappa shape index (κ1) is 45.0. The monoisotopic (exact) mass is 812 g/mol. The number of esters is 2. The van der Waals surface area contributed by atoms with Crippen LogP contribution in [0.15, 0.2) is 131 Å². The van der Waals surface area contributed by atoms with E-state index in [0.717, 1.165) is 72.9 Å². The molecule has 0 radical (unpaired) electrons. The van der Waals surface area contributed by atoms with E-state index in [-0.39, 0.29) is 11.5 Å². The second kappa shape index (κ2) is 24.7. The molecule has 60 heavy (non-hydrogen) atoms. The summed E-state index contributed by atoms with van der Waals surface area (Å²) in [5.74, 6) is 2.11. The first-order chi connectivity index (χ1) is 29.3. The molecule has 10 nitrogen and oxygen atoms in total. The predicted molar refractivity (Wildman–Crippen MR) is 237 cm³/mol. The summed E-state index contributed by atoms with van der Waals surface area (Å²) in [5.41, 5.74) is 3.92. The van der Waals surface area contributed by atoms with Crippen LogP contribution in [0.25, 0.3) is 0 Å². The van der Waals surface area contributed by atoms with E-state index >= 15 is 0 Å². The van der Waals surface area contributed by atoms with Gasteiger partial charge in [-0.15, -0.1) is 0 Å². The lowest BCUT2D eigenvalue weighted by atomic mass is 10.1. The van der Waals surface area contributed by atoms with Crippen LogP contribution in [0.4, 0.5) is 11.4 Å². The van der Waals surface area contributed by atoms with E-state index in [2.05, 4.69) is 37.7 Å². The highest BCUT2D eigenvalue weighted by Crippen LogP contribution is 2.23. The van der Waals surface area contributed by atoms with Gasteiger partial charge in [0.2, 0.25) is 0 Å². The summed E-state index contributed by atoms with van der Waals surface area (Å²) >= 11 is 0. The molecule has 0 saturated heterocycles. The van der Waals surface area contributed by atoms with Gasteiger partial charge in [0.15, 0.2) is 0 Å². The number of rotatable bonds is 24. The smallest absolute Gasteiger partial charge is 0.343 e. The van der Waals surface area contributed by atoms with Crippen LogP contribution in [0.5, 0.6) is 23.0 Å². The lowest BCUT2D eigenvalue weighted by molar-refractivity contribution is 0.0732. The molecule has 0 N–H and O–H groups in total. The van der Waals surface area contributed by atoms with Gasteiger partial charge in [-0.05, 0) is 108 Å². The third-order valence-corrected chi connectivity index (χ3v) is 9.52. The average molecular weight is 813 g/mol. The fraction of sp³-hybridized carbons (Fsp3) is 0.320. The van der Waals surface area contributed by atoms with Crippen LogP contribution in [0.1, 0.15) is 85.2 Å². The van der Waals surface area contributed by atoms with E-state index in [0.29, 0.717) is 49.4 Å². The molecule has 5 rings (SSSR count). The van der Waals surface area contributed by atoms with E-state index in [4.69, 9.17) is 28.4 Å². The highest BCUT2D eigenvalue weighted by Gasteiger charge is 2.12. The molecule has 0 bridgehead atoms. The summed E-state index contributed by atoms with van der Waals surface area (Å²) in [6, 6.07) is 35.4. The number of hydrogen-bond donors (Lipinski definition) is 0. The third kappa shape index (κ3) is 15.9. The van der Waals surface area contributed by atoms with Crippen LogP contribution < -0.4 is 18.9 Å². The largest absolute Gasteiger partial charge is 0.494 e. The second-order valence-electron chi connectivity index (χ2n) is 14.6. The maximum Gasteiger partial charge on any atom is 0.343 e. The van der Waals surface area contributed by atoms with Gasteiger partial charge in [-0.2, -0.15) is 0 Å². The molecule has 0 heterocycles. The predicted octanol–water partition coefficient (Wildman–Crippen LogP) is 11.3. The molecule has 0 aliphatic rings. The molecule has 0 aliphatic carbocycles. The van der Waals surface area contributed by atoms with Gasteiger partial charge < -0.3 is 28.4 Å². The van der Waals surface area contributed by atoms with Gasteiger partial charge in [-0.1, -0.05) is 70.9 Å². The third-order valence-electron chi connectivity index (χ3n) is 9.52. The van der Waals surface area contributed by atoms with Gasteiger partial charge in [-0.3, -0.25) is 9.98 Å². The van der Waals surface area contributed by atoms with E-state index in [1.54, 1.807) is 79.2 Å². The summed E-state index contributed by atoms with van der Waals surface area (Å²) in [6.07, 6.45) is 7.35. The molecule has 5 aromatic carbocycles. The second-order valence-corrected chi connectivity index (χ2v) is 14.6. The lowest BCUT2D eigenvalue weighted by Gasteiger charge is -2.10. The molecule has 10 heteroatoms. The molecule has 0 unspecified atom stereocenters. The molecular formula is C50H56N2O8. The van der Waals surface area contributed by atoms with Crippen molar-refractivity contribution < 1.29 is 38.0 Å². The molecule has 0 saturated carbocycles. The lowest BCUT2D eigenvalue weighted by Crippen LogP contribution is -2.10. The number of nitrogens with zero attached hydrogens (tertiary/aromatic N) is 2. The van der Waals surface area contributed by atoms with E-state index in [9.17, 15) is 9.59 Å². The van der Waals surface area contributed by atoms with Crippen molar-refractivity contribution in [3.8, 4) is 23.0 Å². The zero-order valence-electron chi connectivity index (χ0n) is 35.1. The SMILES string of the molecule is CC[C@H](C)COCCCOc1ccc(N=Cc2ccc(C(=O)Oc3cccc(OC(=O)c4ccc(C=Nc5ccc(OCCCOC[C@@H](C)CC)cc5)cc4)c3)cc2)cc1. The van der Waals surface area contributed by atoms with E-state index in [1.165, 1.54) is 6.07 Å². The first-order valence-electron chi connectivity index (χ1n) is 20.7. The van der Waals surface area contributed by atoms with Crippen LogP contribution in [0, 0.1) is 11.8 Å². The Labute approximate surface area is 354 Å². The van der Waals surface area contributed by atoms with Crippen molar-refractivity contribution in [2.45, 2.75) is 53.4 Å². The van der Waals surface area contributed by atoms with Crippen molar-refractivity contribution >= 4 is 35.7 Å². The molecule has 5 aromatic rings. The van der Waals surface area contributed by atoms with Gasteiger partial charge in [-0.25, -0.2) is 9.59 Å². The van der Waals surface area contributed by atoms with Crippen molar-refractivity contribution in [1.82, 2.24) is 0 Å². The van der Waals surface area contributed by atoms with Gasteiger partial charge >= 0.3 is 11.9 Å². The summed E-state index contributed by atoms with van der Waals surface area (Å²) in [7, 11) is 0. The van der Waals surface area contributed by atoms with Crippen molar-refractivity contribution in [1.29, 1.82) is 0 Å². The Kier molecular flexibility index (Phi) is 18.5. The maximum atomic E-state index is 12.9. The fourth-order valence-electron chi connectivity index (χ4n) is 5.41. The zero-order valence-corrected chi connectivity index (χ0v) is 35.1. The Hall–Kier alpha value is -6.10. The number of ether oxygens (including phenoxy) is 6. The summed E-state index contributed by atoms with van der Waals surface area (Å²) in [4.78, 5) is 34.9. The molecular weight excluding hydrogens is 757 g/mol. The Morgan fingerprint density at radius 3 is 1.30 bits per heavy atom. The van der Waals surface area contributed by atoms with Gasteiger partial charge in [0.25, 0.3) is 0 Å². The molecule has 0 fully saturated rings. The minimum absolute atomic E-state index is 0.242. The molecule has 0 aliphatic heterocycles. The minimum Gasteiger partial charge on any atom is -0.494 e. The minimum atomic E-state index is -0.546. The molecule has 0 aromatic heterocycles. The molecule has 2 atom stereocenters. The van der Waals surface area contributed by atoms with Crippen molar-refractivity contribution in [2.24, 2.45) is 21.8 Å². The Balaban J connectivity index is 1.02. The van der Waals surface area contributed by atoms with E-state index < -0.39 is 11.9 Å². The van der Waals surface area contributed by atoms with Crippen LogP contribution >= 0.6 is 0 Å². The number of aliphatic imine (C=N–C) groups is 2. The first-order valence-corrected chi connectivity index (χ1v) is 20.7. The number of benzene rings is 5. The quantitative estimate of drug-likeness (QED) is 0.0262. The van der Waals surface area contributed by atoms with E-state index in [1.807, 2.05) is 48.5 Å². The van der Waals surface area contributed by atoms with Crippen LogP contribution in [0.3, 0.4) is 0 Å². The summed E-state index contributed by atoms with van der Waals surface area (Å²) in [5, 5.41) is 0. The maximum absolute atomic E-state index is 12.9. The molecule has 314 valence electrons. The van der Waals surface area contributed by atoms with Crippen molar-refractivity contribution in [3.63, 3.8) is 0 Å². The van der Waals surface area contributed by atoms with Gasteiger partial charge in [0, 0.05) is 57.8 Å². The van der Waals surface area contributed by atoms with Crippen LogP contribution in [-0.4, -0.2) is 64.0 Å². The summed E-state index contributed by atoms with van der Waals surface area (Å²) < 4.78 is 34.2. The highest BCUT2D eigenvalue weighted by atomic mass is 16.5. The average Bonchev–Trinajstić information content (AvgIpc) is 3.28. The Morgan fingerprint density at radius 1 is 0.517 bits per heavy atom. The zero-order chi connectivity index (χ0) is 42.4. The fourth-order valence-corrected chi connectivity index (χ4v) is 5.41. The van der Waals surface area contributed by atoms with Crippen LogP contribution in [0.2, 0.25) is 0 Å². The number of hydrogen-bond acceptors (Lipinski definition) is 10. The van der Waals surface area contributed by atoms with Crippen LogP contribution in [-0.2, 0) is 9.47 Å².